The smallest absolute Gasteiger partial charge is 0.248 e. The maximum Gasteiger partial charge on any atom is 0.248 e. The third-order valence-corrected chi connectivity index (χ3v) is 1.06. The molecule has 4 nitrogen and oxygen atoms in total. The van der Waals surface area contributed by atoms with Crippen molar-refractivity contribution in [1.82, 2.24) is 0 Å². The van der Waals surface area contributed by atoms with Crippen molar-refractivity contribution in [3.63, 3.8) is 0 Å². The van der Waals surface area contributed by atoms with Crippen molar-refractivity contribution in [1.29, 1.82) is 0 Å². The summed E-state index contributed by atoms with van der Waals surface area (Å²) in [5.74, 6) is 0. The predicted octanol–water partition coefficient (Wildman–Crippen LogP) is 1.67. The SMILES string of the molecule is [O-][N+](=NO)c1ccccc1.[Ru]. The number of para-hydroxylation sites is 1. The molecule has 0 bridgehead atoms. The number of rotatable bonds is 1. The molecule has 0 amide bonds. The Bertz CT molecular complexity index is 238. The maximum absolute atomic E-state index is 10.5. The largest absolute Gasteiger partial charge is 0.592 e. The van der Waals surface area contributed by atoms with E-state index in [2.05, 4.69) is 5.28 Å². The van der Waals surface area contributed by atoms with E-state index in [0.29, 0.717) is 5.69 Å². The Morgan fingerprint density at radius 1 is 1.27 bits per heavy atom. The van der Waals surface area contributed by atoms with E-state index in [1.54, 1.807) is 30.3 Å². The van der Waals surface area contributed by atoms with E-state index < -0.39 is 0 Å². The summed E-state index contributed by atoms with van der Waals surface area (Å²) in [4.78, 5) is 0.139. The van der Waals surface area contributed by atoms with Gasteiger partial charge in [-0.05, 0) is 4.86 Å². The molecule has 0 heterocycles. The van der Waals surface area contributed by atoms with Crippen molar-refractivity contribution in [2.75, 3.05) is 0 Å². The van der Waals surface area contributed by atoms with Gasteiger partial charge in [0.15, 0.2) is 0 Å². The average molecular weight is 239 g/mol. The summed E-state index contributed by atoms with van der Waals surface area (Å²) >= 11 is 0. The van der Waals surface area contributed by atoms with Gasteiger partial charge in [0.2, 0.25) is 11.0 Å². The van der Waals surface area contributed by atoms with Crippen LogP contribution in [0.5, 0.6) is 0 Å². The molecular weight excluding hydrogens is 233 g/mol. The van der Waals surface area contributed by atoms with E-state index in [-0.39, 0.29) is 24.3 Å². The van der Waals surface area contributed by atoms with Crippen LogP contribution in [0.15, 0.2) is 35.6 Å². The van der Waals surface area contributed by atoms with E-state index in [1.807, 2.05) is 0 Å². The summed E-state index contributed by atoms with van der Waals surface area (Å²) in [6.45, 7) is 0. The standard InChI is InChI=1S/C6H6N2O2.Ru/c9-7-8(10)6-4-2-1-3-5-6;/h1-5,9H;. The Labute approximate surface area is 76.5 Å². The van der Waals surface area contributed by atoms with Crippen molar-refractivity contribution >= 4 is 5.69 Å². The quantitative estimate of drug-likeness (QED) is 0.350. The monoisotopic (exact) mass is 240 g/mol. The Hall–Kier alpha value is -0.957. The Morgan fingerprint density at radius 3 is 2.27 bits per heavy atom. The molecule has 1 aromatic rings. The molecule has 1 aromatic carbocycles. The van der Waals surface area contributed by atoms with Gasteiger partial charge in [0.25, 0.3) is 0 Å². The van der Waals surface area contributed by atoms with Crippen LogP contribution >= 0.6 is 0 Å². The first-order chi connectivity index (χ1) is 4.84. The molecule has 0 saturated carbocycles. The Balaban J connectivity index is 0.000001000. The van der Waals surface area contributed by atoms with Crippen LogP contribution in [-0.2, 0) is 19.5 Å². The molecule has 0 aliphatic rings. The van der Waals surface area contributed by atoms with E-state index in [1.165, 1.54) is 0 Å². The van der Waals surface area contributed by atoms with Crippen LogP contribution in [0.25, 0.3) is 0 Å². The third-order valence-electron chi connectivity index (χ3n) is 1.06. The summed E-state index contributed by atoms with van der Waals surface area (Å²) in [5.41, 5.74) is 0.310. The molecule has 1 N–H and O–H groups in total. The van der Waals surface area contributed by atoms with E-state index in [4.69, 9.17) is 5.21 Å². The number of benzene rings is 1. The topological polar surface area (TPSA) is 58.7 Å². The van der Waals surface area contributed by atoms with Gasteiger partial charge in [0.1, 0.15) is 0 Å². The van der Waals surface area contributed by atoms with Crippen LogP contribution in [0.3, 0.4) is 0 Å². The number of hydrogen-bond donors (Lipinski definition) is 1. The number of nitrogens with zero attached hydrogens (tertiary/aromatic N) is 2. The van der Waals surface area contributed by atoms with Crippen molar-refractivity contribution in [2.24, 2.45) is 5.28 Å². The maximum atomic E-state index is 10.5. The minimum Gasteiger partial charge on any atom is -0.592 e. The zero-order chi connectivity index (χ0) is 7.40. The second kappa shape index (κ2) is 4.80. The van der Waals surface area contributed by atoms with Gasteiger partial charge in [-0.3, -0.25) is 0 Å². The third kappa shape index (κ3) is 2.64. The van der Waals surface area contributed by atoms with Gasteiger partial charge in [0.05, 0.1) is 0 Å². The van der Waals surface area contributed by atoms with Gasteiger partial charge in [-0.15, -0.1) is 0 Å². The first kappa shape index (κ1) is 10.0. The molecule has 0 fully saturated rings. The molecule has 1 rings (SSSR count). The van der Waals surface area contributed by atoms with Crippen molar-refractivity contribution < 1.29 is 29.5 Å². The van der Waals surface area contributed by atoms with Gasteiger partial charge >= 0.3 is 0 Å². The molecule has 0 radical (unpaired) electrons. The molecule has 0 spiro atoms. The van der Waals surface area contributed by atoms with Crippen LogP contribution < -0.4 is 0 Å². The van der Waals surface area contributed by atoms with Gasteiger partial charge in [-0.2, -0.15) is 0 Å². The normalized spacial score (nSPS) is 10.4. The molecule has 0 aliphatic carbocycles. The molecule has 0 aliphatic heterocycles. The van der Waals surface area contributed by atoms with Gasteiger partial charge in [0, 0.05) is 31.6 Å². The van der Waals surface area contributed by atoms with Crippen LogP contribution in [0.1, 0.15) is 0 Å². The van der Waals surface area contributed by atoms with E-state index in [9.17, 15) is 5.21 Å². The van der Waals surface area contributed by atoms with Crippen LogP contribution in [0.2, 0.25) is 0 Å². The molecular formula is C6H6N2O2Ru. The summed E-state index contributed by atoms with van der Waals surface area (Å²) in [6, 6.07) is 8.24. The van der Waals surface area contributed by atoms with E-state index in [0.717, 1.165) is 0 Å². The molecule has 11 heavy (non-hydrogen) atoms. The fourth-order valence-electron chi connectivity index (χ4n) is 0.607. The van der Waals surface area contributed by atoms with Crippen LogP contribution in [0, 0.1) is 5.21 Å². The fourth-order valence-corrected chi connectivity index (χ4v) is 0.607. The average Bonchev–Trinajstić information content (AvgIpc) is 2.05. The van der Waals surface area contributed by atoms with Gasteiger partial charge in [-0.25, -0.2) is 0 Å². The molecule has 5 heteroatoms. The van der Waals surface area contributed by atoms with Gasteiger partial charge < -0.3 is 10.4 Å². The molecule has 60 valence electrons. The summed E-state index contributed by atoms with van der Waals surface area (Å²) in [5, 5.41) is 21.0. The first-order valence-electron chi connectivity index (χ1n) is 2.72. The van der Waals surface area contributed by atoms with Crippen molar-refractivity contribution in [3.05, 3.63) is 35.5 Å². The zero-order valence-electron chi connectivity index (χ0n) is 5.49. The van der Waals surface area contributed by atoms with Crippen molar-refractivity contribution in [2.45, 2.75) is 0 Å². The van der Waals surface area contributed by atoms with E-state index >= 15 is 0 Å². The Kier molecular flexibility index (Phi) is 4.38. The van der Waals surface area contributed by atoms with Crippen molar-refractivity contribution in [3.8, 4) is 0 Å². The predicted molar refractivity (Wildman–Crippen MR) is 33.9 cm³/mol. The first-order valence-corrected chi connectivity index (χ1v) is 2.72. The van der Waals surface area contributed by atoms with Gasteiger partial charge in [-0.1, -0.05) is 18.2 Å². The molecule has 0 saturated heterocycles. The van der Waals surface area contributed by atoms with Crippen LogP contribution in [-0.4, -0.2) is 10.1 Å². The second-order valence-corrected chi connectivity index (χ2v) is 1.70. The Morgan fingerprint density at radius 2 is 1.82 bits per heavy atom. The summed E-state index contributed by atoms with van der Waals surface area (Å²) < 4.78 is 0. The summed E-state index contributed by atoms with van der Waals surface area (Å²) in [6.07, 6.45) is 0. The van der Waals surface area contributed by atoms with Crippen LogP contribution in [0.4, 0.5) is 5.69 Å². The molecule has 0 unspecified atom stereocenters. The number of hydrogen-bond acceptors (Lipinski definition) is 2. The molecule has 0 atom stereocenters. The molecule has 0 aromatic heterocycles. The summed E-state index contributed by atoms with van der Waals surface area (Å²) in [7, 11) is 0. The second-order valence-electron chi connectivity index (χ2n) is 1.70. The zero-order valence-corrected chi connectivity index (χ0v) is 7.23. The minimum atomic E-state index is 0. The minimum absolute atomic E-state index is 0. The fraction of sp³-hybridized carbons (Fsp3) is 0.